The molecule has 1 aliphatic rings. The Labute approximate surface area is 192 Å². The lowest BCUT2D eigenvalue weighted by molar-refractivity contribution is -0.123. The van der Waals surface area contributed by atoms with Crippen LogP contribution in [0.25, 0.3) is 21.8 Å². The minimum absolute atomic E-state index is 0.0694. The Kier molecular flexibility index (Phi) is 5.91. The lowest BCUT2D eigenvalue weighted by Crippen LogP contribution is -2.50. The van der Waals surface area contributed by atoms with E-state index in [9.17, 15) is 4.79 Å². The molecule has 0 saturated carbocycles. The molecule has 2 aromatic heterocycles. The van der Waals surface area contributed by atoms with E-state index in [1.54, 1.807) is 0 Å². The summed E-state index contributed by atoms with van der Waals surface area (Å²) in [4.78, 5) is 21.7. The number of hydrogen-bond acceptors (Lipinski definition) is 3. The minimum Gasteiger partial charge on any atom is -0.361 e. The van der Waals surface area contributed by atoms with E-state index in [2.05, 4.69) is 32.4 Å². The van der Waals surface area contributed by atoms with Crippen LogP contribution < -0.4 is 11.1 Å². The number of carbonyl (C=O) groups excluding carboxylic acids is 1. The van der Waals surface area contributed by atoms with Crippen LogP contribution in [0.15, 0.2) is 54.9 Å². The third-order valence-electron chi connectivity index (χ3n) is 6.51. The van der Waals surface area contributed by atoms with Gasteiger partial charge in [0.15, 0.2) is 0 Å². The second-order valence-electron chi connectivity index (χ2n) is 8.73. The fourth-order valence-electron chi connectivity index (χ4n) is 4.70. The lowest BCUT2D eigenvalue weighted by atomic mass is 10.0. The zero-order valence-corrected chi connectivity index (χ0v) is 18.7. The molecule has 7 heteroatoms. The lowest BCUT2D eigenvalue weighted by Gasteiger charge is -2.32. The first kappa shape index (κ1) is 21.1. The summed E-state index contributed by atoms with van der Waals surface area (Å²) in [6.45, 7) is 2.76. The fourth-order valence-corrected chi connectivity index (χ4v) is 4.87. The summed E-state index contributed by atoms with van der Waals surface area (Å²) >= 11 is 6.18. The van der Waals surface area contributed by atoms with E-state index < -0.39 is 6.04 Å². The van der Waals surface area contributed by atoms with E-state index >= 15 is 0 Å². The first-order valence-corrected chi connectivity index (χ1v) is 11.5. The van der Waals surface area contributed by atoms with Crippen LogP contribution in [0.5, 0.6) is 0 Å². The molecule has 166 valence electrons. The predicted octanol–water partition coefficient (Wildman–Crippen LogP) is 3.95. The number of nitrogens with one attached hydrogen (secondary N) is 3. The van der Waals surface area contributed by atoms with Crippen LogP contribution in [0.1, 0.15) is 24.0 Å². The van der Waals surface area contributed by atoms with Crippen LogP contribution in [0.3, 0.4) is 0 Å². The molecular weight excluding hydrogens is 422 g/mol. The van der Waals surface area contributed by atoms with Gasteiger partial charge in [-0.25, -0.2) is 0 Å². The maximum atomic E-state index is 12.7. The average Bonchev–Trinajstić information content (AvgIpc) is 3.39. The Balaban J connectivity index is 1.13. The van der Waals surface area contributed by atoms with Crippen molar-refractivity contribution in [1.82, 2.24) is 20.2 Å². The van der Waals surface area contributed by atoms with Crippen molar-refractivity contribution in [2.75, 3.05) is 13.1 Å². The van der Waals surface area contributed by atoms with Crippen molar-refractivity contribution < 1.29 is 4.79 Å². The molecule has 3 heterocycles. The Morgan fingerprint density at radius 2 is 1.78 bits per heavy atom. The summed E-state index contributed by atoms with van der Waals surface area (Å²) < 4.78 is 0. The molecule has 0 unspecified atom stereocenters. The maximum Gasteiger partial charge on any atom is 0.237 e. The SMILES string of the molecule is N[C@H](Cc1c[nH]c2ccccc12)C(=O)NC1CCN(Cc2c[nH]c3ccc(Cl)cc23)CC1. The normalized spacial score (nSPS) is 16.6. The van der Waals surface area contributed by atoms with Crippen molar-refractivity contribution in [3.05, 3.63) is 71.0 Å². The van der Waals surface area contributed by atoms with Gasteiger partial charge in [0.1, 0.15) is 0 Å². The molecular formula is C25H28ClN5O. The molecule has 0 bridgehead atoms. The molecule has 1 aliphatic heterocycles. The third kappa shape index (κ3) is 4.39. The van der Waals surface area contributed by atoms with E-state index in [0.29, 0.717) is 6.42 Å². The number of nitrogens with zero attached hydrogens (tertiary/aromatic N) is 1. The van der Waals surface area contributed by atoms with Gasteiger partial charge in [-0.15, -0.1) is 0 Å². The molecule has 1 saturated heterocycles. The number of rotatable bonds is 6. The highest BCUT2D eigenvalue weighted by Gasteiger charge is 2.24. The number of likely N-dealkylation sites (tertiary alicyclic amines) is 1. The Hall–Kier alpha value is -2.80. The summed E-state index contributed by atoms with van der Waals surface area (Å²) in [7, 11) is 0. The van der Waals surface area contributed by atoms with Crippen LogP contribution in [0, 0.1) is 0 Å². The molecule has 1 fully saturated rings. The number of benzene rings is 2. The largest absolute Gasteiger partial charge is 0.361 e. The van der Waals surface area contributed by atoms with E-state index in [0.717, 1.165) is 59.5 Å². The summed E-state index contributed by atoms with van der Waals surface area (Å²) in [6.07, 6.45) is 6.40. The summed E-state index contributed by atoms with van der Waals surface area (Å²) in [6, 6.07) is 13.6. The zero-order valence-electron chi connectivity index (χ0n) is 17.9. The topological polar surface area (TPSA) is 89.9 Å². The molecule has 5 rings (SSSR count). The van der Waals surface area contributed by atoms with E-state index in [1.165, 1.54) is 10.9 Å². The third-order valence-corrected chi connectivity index (χ3v) is 6.74. The highest BCUT2D eigenvalue weighted by Crippen LogP contribution is 2.25. The van der Waals surface area contributed by atoms with Crippen molar-refractivity contribution in [2.45, 2.75) is 37.9 Å². The monoisotopic (exact) mass is 449 g/mol. The van der Waals surface area contributed by atoms with Crippen LogP contribution >= 0.6 is 11.6 Å². The van der Waals surface area contributed by atoms with Crippen LogP contribution in [0.2, 0.25) is 5.02 Å². The van der Waals surface area contributed by atoms with Crippen molar-refractivity contribution >= 4 is 39.3 Å². The molecule has 2 aromatic carbocycles. The highest BCUT2D eigenvalue weighted by molar-refractivity contribution is 6.31. The van der Waals surface area contributed by atoms with Gasteiger partial charge in [-0.2, -0.15) is 0 Å². The first-order chi connectivity index (χ1) is 15.6. The zero-order chi connectivity index (χ0) is 22.1. The number of amides is 1. The molecule has 4 aromatic rings. The first-order valence-electron chi connectivity index (χ1n) is 11.2. The number of para-hydroxylation sites is 1. The number of aromatic nitrogens is 2. The number of piperidine rings is 1. The van der Waals surface area contributed by atoms with E-state index in [4.69, 9.17) is 17.3 Å². The van der Waals surface area contributed by atoms with Gasteiger partial charge >= 0.3 is 0 Å². The number of aromatic amines is 2. The molecule has 32 heavy (non-hydrogen) atoms. The average molecular weight is 450 g/mol. The molecule has 5 N–H and O–H groups in total. The Morgan fingerprint density at radius 3 is 2.59 bits per heavy atom. The molecule has 0 aliphatic carbocycles. The maximum absolute atomic E-state index is 12.7. The molecule has 0 spiro atoms. The van der Waals surface area contributed by atoms with Crippen LogP contribution in [-0.2, 0) is 17.8 Å². The Morgan fingerprint density at radius 1 is 1.06 bits per heavy atom. The highest BCUT2D eigenvalue weighted by atomic mass is 35.5. The second-order valence-corrected chi connectivity index (χ2v) is 9.17. The molecule has 6 nitrogen and oxygen atoms in total. The number of hydrogen-bond donors (Lipinski definition) is 4. The smallest absolute Gasteiger partial charge is 0.237 e. The van der Waals surface area contributed by atoms with Gasteiger partial charge < -0.3 is 21.0 Å². The van der Waals surface area contributed by atoms with Crippen LogP contribution in [0.4, 0.5) is 0 Å². The van der Waals surface area contributed by atoms with Gasteiger partial charge in [-0.1, -0.05) is 29.8 Å². The number of fused-ring (bicyclic) bond motifs is 2. The van der Waals surface area contributed by atoms with Crippen LogP contribution in [-0.4, -0.2) is 45.9 Å². The number of halogens is 1. The van der Waals surface area contributed by atoms with Crippen molar-refractivity contribution in [2.24, 2.45) is 5.73 Å². The Bertz CT molecular complexity index is 1240. The van der Waals surface area contributed by atoms with E-state index in [-0.39, 0.29) is 11.9 Å². The quantitative estimate of drug-likeness (QED) is 0.359. The summed E-state index contributed by atoms with van der Waals surface area (Å²) in [5.74, 6) is -0.0694. The minimum atomic E-state index is -0.553. The summed E-state index contributed by atoms with van der Waals surface area (Å²) in [5.41, 5.74) is 10.8. The van der Waals surface area contributed by atoms with Gasteiger partial charge in [0.2, 0.25) is 5.91 Å². The van der Waals surface area contributed by atoms with Crippen molar-refractivity contribution in [3.63, 3.8) is 0 Å². The molecule has 1 amide bonds. The fraction of sp³-hybridized carbons (Fsp3) is 0.320. The second kappa shape index (κ2) is 8.98. The van der Waals surface area contributed by atoms with Gasteiger partial charge in [0.05, 0.1) is 6.04 Å². The number of nitrogens with two attached hydrogens (primary N) is 1. The standard InChI is InChI=1S/C25H28ClN5O/c26-18-5-6-24-21(12-18)17(14-29-24)15-31-9-7-19(8-10-31)30-25(32)22(27)11-16-13-28-23-4-2-1-3-20(16)23/h1-6,12-14,19,22,28-29H,7-11,15,27H2,(H,30,32)/t22-/m1/s1. The molecule has 0 radical (unpaired) electrons. The van der Waals surface area contributed by atoms with Crippen molar-refractivity contribution in [3.8, 4) is 0 Å². The molecule has 1 atom stereocenters. The number of H-pyrrole nitrogens is 2. The van der Waals surface area contributed by atoms with Gasteiger partial charge in [0.25, 0.3) is 0 Å². The van der Waals surface area contributed by atoms with Gasteiger partial charge in [-0.05, 0) is 54.7 Å². The van der Waals surface area contributed by atoms with Crippen molar-refractivity contribution in [1.29, 1.82) is 0 Å². The van der Waals surface area contributed by atoms with Gasteiger partial charge in [0, 0.05) is 64.9 Å². The van der Waals surface area contributed by atoms with E-state index in [1.807, 2.05) is 42.6 Å². The summed E-state index contributed by atoms with van der Waals surface area (Å²) in [5, 5.41) is 6.23. The number of carbonyl (C=O) groups is 1. The predicted molar refractivity (Wildman–Crippen MR) is 130 cm³/mol. The van der Waals surface area contributed by atoms with Gasteiger partial charge in [-0.3, -0.25) is 9.69 Å².